The molecule has 2 amide bonds. The summed E-state index contributed by atoms with van der Waals surface area (Å²) in [7, 11) is 0. The van der Waals surface area contributed by atoms with E-state index in [2.05, 4.69) is 5.10 Å². The number of hydrogen-bond acceptors (Lipinski definition) is 5. The molecule has 1 aliphatic heterocycles. The van der Waals surface area contributed by atoms with Gasteiger partial charge in [0.25, 0.3) is 5.91 Å². The van der Waals surface area contributed by atoms with Crippen LogP contribution in [0.1, 0.15) is 29.8 Å². The minimum absolute atomic E-state index is 0.240. The van der Waals surface area contributed by atoms with Crippen LogP contribution in [-0.2, 0) is 19.1 Å². The van der Waals surface area contributed by atoms with Gasteiger partial charge in [0.1, 0.15) is 5.82 Å². The van der Waals surface area contributed by atoms with E-state index in [0.717, 1.165) is 16.2 Å². The second kappa shape index (κ2) is 8.16. The number of halogens is 1. The largest absolute Gasteiger partial charge is 0.452 e. The zero-order chi connectivity index (χ0) is 20.3. The molecule has 1 saturated heterocycles. The van der Waals surface area contributed by atoms with Gasteiger partial charge in [-0.25, -0.2) is 13.9 Å². The second-order valence-corrected chi connectivity index (χ2v) is 6.46. The van der Waals surface area contributed by atoms with Crippen molar-refractivity contribution in [2.45, 2.75) is 26.7 Å². The molecule has 3 rings (SSSR count). The van der Waals surface area contributed by atoms with E-state index in [1.807, 2.05) is 6.92 Å². The molecule has 2 aromatic rings. The van der Waals surface area contributed by atoms with E-state index < -0.39 is 18.5 Å². The van der Waals surface area contributed by atoms with Crippen molar-refractivity contribution >= 4 is 23.9 Å². The van der Waals surface area contributed by atoms with Gasteiger partial charge in [0, 0.05) is 30.3 Å². The Kier molecular flexibility index (Phi) is 5.67. The number of rotatable bonds is 5. The maximum Gasteiger partial charge on any atom is 0.331 e. The summed E-state index contributed by atoms with van der Waals surface area (Å²) in [5.74, 6) is -1.77. The average molecular weight is 385 g/mol. The van der Waals surface area contributed by atoms with E-state index >= 15 is 0 Å². The number of esters is 1. The number of aromatic nitrogens is 2. The quantitative estimate of drug-likeness (QED) is 0.583. The van der Waals surface area contributed by atoms with Gasteiger partial charge in [-0.15, -0.1) is 0 Å². The first-order chi connectivity index (χ1) is 13.4. The van der Waals surface area contributed by atoms with Gasteiger partial charge in [-0.3, -0.25) is 14.5 Å². The molecular formula is C20H20FN3O4. The van der Waals surface area contributed by atoms with Gasteiger partial charge in [-0.1, -0.05) is 0 Å². The first-order valence-electron chi connectivity index (χ1n) is 8.87. The van der Waals surface area contributed by atoms with Gasteiger partial charge in [0.2, 0.25) is 5.91 Å². The molecule has 146 valence electrons. The highest BCUT2D eigenvalue weighted by Crippen LogP contribution is 2.19. The van der Waals surface area contributed by atoms with E-state index in [4.69, 9.17) is 4.74 Å². The summed E-state index contributed by atoms with van der Waals surface area (Å²) < 4.78 is 19.7. The Morgan fingerprint density at radius 1 is 1.25 bits per heavy atom. The van der Waals surface area contributed by atoms with Crippen LogP contribution in [0.25, 0.3) is 11.8 Å². The fourth-order valence-corrected chi connectivity index (χ4v) is 3.05. The highest BCUT2D eigenvalue weighted by atomic mass is 19.1. The topological polar surface area (TPSA) is 81.5 Å². The zero-order valence-electron chi connectivity index (χ0n) is 15.6. The monoisotopic (exact) mass is 385 g/mol. The number of imide groups is 1. The fraction of sp³-hybridized carbons (Fsp3) is 0.300. The summed E-state index contributed by atoms with van der Waals surface area (Å²) >= 11 is 0. The van der Waals surface area contributed by atoms with Gasteiger partial charge >= 0.3 is 5.97 Å². The summed E-state index contributed by atoms with van der Waals surface area (Å²) in [6.45, 7) is 3.52. The predicted octanol–water partition coefficient (Wildman–Crippen LogP) is 2.33. The standard InChI is InChI=1S/C20H20FN3O4/c1-13-17(14(2)24(22-13)16-7-5-15(21)6-8-16)9-10-20(27)28-12-19(26)23-11-3-4-18(23)25/h5-10H,3-4,11-12H2,1-2H3/b10-9+. The number of benzene rings is 1. The molecule has 0 radical (unpaired) electrons. The van der Waals surface area contributed by atoms with E-state index in [1.165, 1.54) is 18.2 Å². The minimum Gasteiger partial charge on any atom is -0.452 e. The van der Waals surface area contributed by atoms with Crippen LogP contribution in [0.15, 0.2) is 30.3 Å². The number of nitrogens with zero attached hydrogens (tertiary/aromatic N) is 3. The molecule has 0 spiro atoms. The Morgan fingerprint density at radius 2 is 1.96 bits per heavy atom. The van der Waals surface area contributed by atoms with Crippen molar-refractivity contribution in [2.75, 3.05) is 13.2 Å². The van der Waals surface area contributed by atoms with Gasteiger partial charge in [0.15, 0.2) is 6.61 Å². The van der Waals surface area contributed by atoms with Crippen LogP contribution in [0.5, 0.6) is 0 Å². The van der Waals surface area contributed by atoms with Crippen molar-refractivity contribution in [3.8, 4) is 5.69 Å². The molecule has 0 aliphatic carbocycles. The lowest BCUT2D eigenvalue weighted by Crippen LogP contribution is -2.35. The highest BCUT2D eigenvalue weighted by Gasteiger charge is 2.26. The van der Waals surface area contributed by atoms with Crippen LogP contribution in [0.3, 0.4) is 0 Å². The number of carbonyl (C=O) groups is 3. The SMILES string of the molecule is Cc1nn(-c2ccc(F)cc2)c(C)c1/C=C/C(=O)OCC(=O)N1CCCC1=O. The number of ether oxygens (including phenoxy) is 1. The van der Waals surface area contributed by atoms with Crippen molar-refractivity contribution in [3.63, 3.8) is 0 Å². The molecule has 0 unspecified atom stereocenters. The normalized spacial score (nSPS) is 14.1. The number of hydrogen-bond donors (Lipinski definition) is 0. The van der Waals surface area contributed by atoms with Crippen LogP contribution in [0.2, 0.25) is 0 Å². The molecular weight excluding hydrogens is 365 g/mol. The summed E-state index contributed by atoms with van der Waals surface area (Å²) in [6.07, 6.45) is 3.75. The molecule has 28 heavy (non-hydrogen) atoms. The number of aryl methyl sites for hydroxylation is 1. The summed E-state index contributed by atoms with van der Waals surface area (Å²) in [5, 5.41) is 4.42. The van der Waals surface area contributed by atoms with Gasteiger partial charge in [-0.05, 0) is 50.6 Å². The molecule has 2 heterocycles. The Hall–Kier alpha value is -3.29. The van der Waals surface area contributed by atoms with Gasteiger partial charge in [-0.2, -0.15) is 5.10 Å². The van der Waals surface area contributed by atoms with Crippen molar-refractivity contribution in [2.24, 2.45) is 0 Å². The third-order valence-electron chi connectivity index (χ3n) is 4.52. The van der Waals surface area contributed by atoms with Crippen molar-refractivity contribution < 1.29 is 23.5 Å². The molecule has 8 heteroatoms. The Balaban J connectivity index is 1.65. The van der Waals surface area contributed by atoms with Gasteiger partial charge in [0.05, 0.1) is 11.4 Å². The molecule has 0 saturated carbocycles. The summed E-state index contributed by atoms with van der Waals surface area (Å²) in [6, 6.07) is 5.92. The Bertz CT molecular complexity index is 947. The molecule has 1 aromatic carbocycles. The summed E-state index contributed by atoms with van der Waals surface area (Å²) in [5.41, 5.74) is 2.88. The van der Waals surface area contributed by atoms with Crippen LogP contribution in [0, 0.1) is 19.7 Å². The average Bonchev–Trinajstić information content (AvgIpc) is 3.22. The molecule has 0 atom stereocenters. The van der Waals surface area contributed by atoms with E-state index in [0.29, 0.717) is 30.8 Å². The minimum atomic E-state index is -0.687. The second-order valence-electron chi connectivity index (χ2n) is 6.46. The van der Waals surface area contributed by atoms with Crippen LogP contribution in [0.4, 0.5) is 4.39 Å². The molecule has 0 bridgehead atoms. The van der Waals surface area contributed by atoms with Crippen LogP contribution in [-0.4, -0.2) is 45.6 Å². The smallest absolute Gasteiger partial charge is 0.331 e. The zero-order valence-corrected chi connectivity index (χ0v) is 15.6. The van der Waals surface area contributed by atoms with E-state index in [9.17, 15) is 18.8 Å². The maximum absolute atomic E-state index is 13.1. The molecule has 1 fully saturated rings. The van der Waals surface area contributed by atoms with E-state index in [-0.39, 0.29) is 11.7 Å². The number of carbonyl (C=O) groups excluding carboxylic acids is 3. The lowest BCUT2D eigenvalue weighted by molar-refractivity contribution is -0.151. The van der Waals surface area contributed by atoms with Crippen molar-refractivity contribution in [1.82, 2.24) is 14.7 Å². The van der Waals surface area contributed by atoms with Gasteiger partial charge < -0.3 is 4.74 Å². The lowest BCUT2D eigenvalue weighted by atomic mass is 10.2. The first-order valence-corrected chi connectivity index (χ1v) is 8.87. The fourth-order valence-electron chi connectivity index (χ4n) is 3.05. The predicted molar refractivity (Wildman–Crippen MR) is 98.9 cm³/mol. The lowest BCUT2D eigenvalue weighted by Gasteiger charge is -2.12. The third-order valence-corrected chi connectivity index (χ3v) is 4.52. The van der Waals surface area contributed by atoms with Crippen LogP contribution >= 0.6 is 0 Å². The molecule has 1 aromatic heterocycles. The Morgan fingerprint density at radius 3 is 2.61 bits per heavy atom. The van der Waals surface area contributed by atoms with Crippen LogP contribution < -0.4 is 0 Å². The molecule has 7 nitrogen and oxygen atoms in total. The molecule has 0 N–H and O–H groups in total. The Labute approximate surface area is 161 Å². The number of likely N-dealkylation sites (tertiary alicyclic amines) is 1. The third kappa shape index (κ3) is 4.16. The summed E-state index contributed by atoms with van der Waals surface area (Å²) in [4.78, 5) is 36.4. The number of amides is 2. The van der Waals surface area contributed by atoms with Crippen molar-refractivity contribution in [1.29, 1.82) is 0 Å². The molecule has 1 aliphatic rings. The van der Waals surface area contributed by atoms with Crippen molar-refractivity contribution in [3.05, 3.63) is 53.1 Å². The first kappa shape index (κ1) is 19.5. The van der Waals surface area contributed by atoms with E-state index in [1.54, 1.807) is 29.8 Å². The maximum atomic E-state index is 13.1. The highest BCUT2D eigenvalue weighted by molar-refractivity contribution is 5.98.